The predicted octanol–water partition coefficient (Wildman–Crippen LogP) is 2.48. The molecule has 0 spiro atoms. The minimum Gasteiger partial charge on any atom is -0.466 e. The molecule has 2 atom stereocenters. The van der Waals surface area contributed by atoms with Crippen molar-refractivity contribution in [3.63, 3.8) is 0 Å². The van der Waals surface area contributed by atoms with E-state index >= 15 is 0 Å². The van der Waals surface area contributed by atoms with Gasteiger partial charge in [-0.3, -0.25) is 4.79 Å². The van der Waals surface area contributed by atoms with Crippen LogP contribution in [0.4, 0.5) is 0 Å². The number of allylic oxidation sites excluding steroid dienone is 5. The van der Waals surface area contributed by atoms with Crippen LogP contribution in [-0.4, -0.2) is 12.6 Å². The van der Waals surface area contributed by atoms with Gasteiger partial charge in [0.15, 0.2) is 0 Å². The van der Waals surface area contributed by atoms with Crippen LogP contribution >= 0.6 is 0 Å². The van der Waals surface area contributed by atoms with Crippen LogP contribution < -0.4 is 0 Å². The summed E-state index contributed by atoms with van der Waals surface area (Å²) in [4.78, 5) is 10.5. The molecule has 1 rings (SSSR count). The van der Waals surface area contributed by atoms with E-state index in [0.717, 1.165) is 6.42 Å². The minimum absolute atomic E-state index is 0.189. The van der Waals surface area contributed by atoms with Crippen molar-refractivity contribution in [1.82, 2.24) is 0 Å². The summed E-state index contributed by atoms with van der Waals surface area (Å²) in [6, 6.07) is 0. The fourth-order valence-corrected chi connectivity index (χ4v) is 1.27. The van der Waals surface area contributed by atoms with Gasteiger partial charge in [-0.25, -0.2) is 0 Å². The molecule has 0 aromatic carbocycles. The number of carbonyl (C=O) groups is 1. The quantitative estimate of drug-likeness (QED) is 0.494. The van der Waals surface area contributed by atoms with E-state index in [1.165, 1.54) is 6.92 Å². The lowest BCUT2D eigenvalue weighted by atomic mass is 10.3. The van der Waals surface area contributed by atoms with Gasteiger partial charge in [0, 0.05) is 6.92 Å². The zero-order chi connectivity index (χ0) is 10.4. The monoisotopic (exact) mass is 192 g/mol. The molecule has 0 N–H and O–H groups in total. The summed E-state index contributed by atoms with van der Waals surface area (Å²) in [6.45, 7) is 5.59. The normalized spacial score (nSPS) is 25.5. The van der Waals surface area contributed by atoms with Crippen molar-refractivity contribution >= 4 is 5.97 Å². The maximum Gasteiger partial charge on any atom is 0.302 e. The smallest absolute Gasteiger partial charge is 0.302 e. The summed E-state index contributed by atoms with van der Waals surface area (Å²) < 4.78 is 4.92. The molecule has 14 heavy (non-hydrogen) atoms. The van der Waals surface area contributed by atoms with E-state index in [-0.39, 0.29) is 5.97 Å². The van der Waals surface area contributed by atoms with Gasteiger partial charge in [-0.1, -0.05) is 37.0 Å². The number of carbonyl (C=O) groups excluding carboxylic acids is 1. The maximum absolute atomic E-state index is 10.5. The van der Waals surface area contributed by atoms with Crippen molar-refractivity contribution in [3.8, 4) is 0 Å². The highest BCUT2D eigenvalue weighted by molar-refractivity contribution is 5.65. The number of rotatable bonds is 5. The molecule has 0 unspecified atom stereocenters. The Morgan fingerprint density at radius 2 is 2.29 bits per heavy atom. The molecular formula is C12H16O2. The minimum atomic E-state index is -0.189. The Bertz CT molecular complexity index is 263. The molecule has 0 saturated heterocycles. The van der Waals surface area contributed by atoms with Gasteiger partial charge in [0.25, 0.3) is 0 Å². The fourth-order valence-electron chi connectivity index (χ4n) is 1.27. The van der Waals surface area contributed by atoms with Gasteiger partial charge in [0.05, 0.1) is 6.61 Å². The topological polar surface area (TPSA) is 26.3 Å². The molecular weight excluding hydrogens is 176 g/mol. The molecule has 2 heteroatoms. The standard InChI is InChI=1S/C12H16O2/c1-3-4-5-6-7-11-8-12(11)9-14-10(2)13/h3-7,11-12H,1,8-9H2,2H3/b5-4-,7-6+/t11-,12-/m1/s1. The third-order valence-corrected chi connectivity index (χ3v) is 2.19. The molecule has 1 aliphatic rings. The SMILES string of the molecule is C=C/C=C\C=C\[C@@H]1C[C@@H]1COC(C)=O. The Kier molecular flexibility index (Phi) is 4.17. The lowest BCUT2D eigenvalue weighted by Crippen LogP contribution is -2.02. The van der Waals surface area contributed by atoms with E-state index in [0.29, 0.717) is 18.4 Å². The fraction of sp³-hybridized carbons (Fsp3) is 0.417. The van der Waals surface area contributed by atoms with Gasteiger partial charge in [-0.15, -0.1) is 0 Å². The lowest BCUT2D eigenvalue weighted by Gasteiger charge is -1.97. The lowest BCUT2D eigenvalue weighted by molar-refractivity contribution is -0.141. The van der Waals surface area contributed by atoms with Crippen LogP contribution in [0, 0.1) is 11.8 Å². The maximum atomic E-state index is 10.5. The van der Waals surface area contributed by atoms with Gasteiger partial charge in [-0.2, -0.15) is 0 Å². The van der Waals surface area contributed by atoms with Crippen LogP contribution in [0.3, 0.4) is 0 Å². The highest BCUT2D eigenvalue weighted by Gasteiger charge is 2.35. The molecule has 2 nitrogen and oxygen atoms in total. The van der Waals surface area contributed by atoms with Crippen LogP contribution in [-0.2, 0) is 9.53 Å². The first kappa shape index (κ1) is 10.8. The average Bonchev–Trinajstić information content (AvgIpc) is 2.88. The van der Waals surface area contributed by atoms with E-state index in [1.807, 2.05) is 18.2 Å². The number of ether oxygens (including phenoxy) is 1. The summed E-state index contributed by atoms with van der Waals surface area (Å²) in [5.74, 6) is 0.933. The summed E-state index contributed by atoms with van der Waals surface area (Å²) in [5.41, 5.74) is 0. The second-order valence-corrected chi connectivity index (χ2v) is 3.47. The van der Waals surface area contributed by atoms with Crippen LogP contribution in [0.25, 0.3) is 0 Å². The molecule has 1 aliphatic carbocycles. The molecule has 0 aromatic heterocycles. The Labute approximate surface area is 85.0 Å². The van der Waals surface area contributed by atoms with Crippen molar-refractivity contribution < 1.29 is 9.53 Å². The van der Waals surface area contributed by atoms with Gasteiger partial charge < -0.3 is 4.74 Å². The largest absolute Gasteiger partial charge is 0.466 e. The molecule has 1 saturated carbocycles. The van der Waals surface area contributed by atoms with Crippen molar-refractivity contribution in [1.29, 1.82) is 0 Å². The highest BCUT2D eigenvalue weighted by Crippen LogP contribution is 2.39. The van der Waals surface area contributed by atoms with E-state index in [9.17, 15) is 4.79 Å². The van der Waals surface area contributed by atoms with Crippen LogP contribution in [0.1, 0.15) is 13.3 Å². The molecule has 0 aliphatic heterocycles. The van der Waals surface area contributed by atoms with Gasteiger partial charge in [0.2, 0.25) is 0 Å². The number of esters is 1. The summed E-state index contributed by atoms with van der Waals surface area (Å²) in [6.07, 6.45) is 10.9. The van der Waals surface area contributed by atoms with Gasteiger partial charge >= 0.3 is 5.97 Å². The summed E-state index contributed by atoms with van der Waals surface area (Å²) >= 11 is 0. The first-order valence-electron chi connectivity index (χ1n) is 4.83. The van der Waals surface area contributed by atoms with Crippen LogP contribution in [0.5, 0.6) is 0 Å². The summed E-state index contributed by atoms with van der Waals surface area (Å²) in [7, 11) is 0. The molecule has 0 heterocycles. The van der Waals surface area contributed by atoms with E-state index in [1.54, 1.807) is 6.08 Å². The van der Waals surface area contributed by atoms with Gasteiger partial charge in [-0.05, 0) is 18.3 Å². The van der Waals surface area contributed by atoms with Crippen LogP contribution in [0.2, 0.25) is 0 Å². The molecule has 1 fully saturated rings. The molecule has 76 valence electrons. The van der Waals surface area contributed by atoms with Crippen molar-refractivity contribution in [2.24, 2.45) is 11.8 Å². The zero-order valence-corrected chi connectivity index (χ0v) is 8.48. The number of hydrogen-bond acceptors (Lipinski definition) is 2. The van der Waals surface area contributed by atoms with Crippen molar-refractivity contribution in [2.45, 2.75) is 13.3 Å². The summed E-state index contributed by atoms with van der Waals surface area (Å²) in [5, 5.41) is 0. The molecule has 0 radical (unpaired) electrons. The highest BCUT2D eigenvalue weighted by atomic mass is 16.5. The van der Waals surface area contributed by atoms with E-state index in [4.69, 9.17) is 4.74 Å². The van der Waals surface area contributed by atoms with Crippen molar-refractivity contribution in [3.05, 3.63) is 37.0 Å². The predicted molar refractivity (Wildman–Crippen MR) is 56.7 cm³/mol. The van der Waals surface area contributed by atoms with Crippen LogP contribution in [0.15, 0.2) is 37.0 Å². The Balaban J connectivity index is 2.13. The second-order valence-electron chi connectivity index (χ2n) is 3.47. The first-order valence-corrected chi connectivity index (χ1v) is 4.83. The Morgan fingerprint density at radius 1 is 1.50 bits per heavy atom. The molecule has 0 aromatic rings. The molecule has 0 amide bonds. The van der Waals surface area contributed by atoms with Gasteiger partial charge in [0.1, 0.15) is 0 Å². The average molecular weight is 192 g/mol. The zero-order valence-electron chi connectivity index (χ0n) is 8.48. The first-order chi connectivity index (χ1) is 6.74. The van der Waals surface area contributed by atoms with E-state index < -0.39 is 0 Å². The third-order valence-electron chi connectivity index (χ3n) is 2.19. The third kappa shape index (κ3) is 4.08. The number of hydrogen-bond donors (Lipinski definition) is 0. The van der Waals surface area contributed by atoms with Crippen molar-refractivity contribution in [2.75, 3.05) is 6.61 Å². The Hall–Kier alpha value is -1.31. The Morgan fingerprint density at radius 3 is 2.93 bits per heavy atom. The van der Waals surface area contributed by atoms with E-state index in [2.05, 4.69) is 12.7 Å². The second kappa shape index (κ2) is 5.43. The molecule has 0 bridgehead atoms.